The zero-order valence-electron chi connectivity index (χ0n) is 6.69. The van der Waals surface area contributed by atoms with E-state index in [0.29, 0.717) is 11.1 Å². The van der Waals surface area contributed by atoms with Crippen molar-refractivity contribution in [1.29, 1.82) is 0 Å². The van der Waals surface area contributed by atoms with Crippen LogP contribution in [-0.4, -0.2) is 5.09 Å². The number of benzene rings is 1. The molecule has 1 rings (SSSR count). The molecule has 0 fully saturated rings. The van der Waals surface area contributed by atoms with E-state index in [1.807, 2.05) is 0 Å². The molecule has 0 N–H and O–H groups in total. The lowest BCUT2D eigenvalue weighted by atomic mass is 10.1. The lowest BCUT2D eigenvalue weighted by Crippen LogP contribution is -2.00. The summed E-state index contributed by atoms with van der Waals surface area (Å²) in [6.45, 7) is -0.0869. The van der Waals surface area contributed by atoms with Crippen molar-refractivity contribution in [3.05, 3.63) is 45.5 Å². The molecule has 0 bridgehead atoms. The number of rotatable bonds is 3. The monoisotopic (exact) mass is 176 g/mol. The van der Waals surface area contributed by atoms with Gasteiger partial charge < -0.3 is 4.84 Å². The smallest absolute Gasteiger partial charge is 0.294 e. The molecule has 0 saturated carbocycles. The van der Waals surface area contributed by atoms with E-state index < -0.39 is 5.09 Å². The zero-order chi connectivity index (χ0) is 9.68. The molecule has 0 unspecified atom stereocenters. The third kappa shape index (κ3) is 2.83. The lowest BCUT2D eigenvalue weighted by molar-refractivity contribution is -0.763. The molecular formula is C9H6NO3. The first-order chi connectivity index (χ1) is 6.22. The average Bonchev–Trinajstić information content (AvgIpc) is 2.15. The third-order valence-electron chi connectivity index (χ3n) is 1.36. The molecule has 1 aromatic rings. The van der Waals surface area contributed by atoms with Crippen LogP contribution in [0.5, 0.6) is 0 Å². The summed E-state index contributed by atoms with van der Waals surface area (Å²) in [5.41, 5.74) is 1.22. The van der Waals surface area contributed by atoms with Crippen LogP contribution < -0.4 is 0 Å². The molecule has 0 atom stereocenters. The summed E-state index contributed by atoms with van der Waals surface area (Å²) < 4.78 is 0. The Bertz CT molecular complexity index is 354. The fraction of sp³-hybridized carbons (Fsp3) is 0.111. The predicted octanol–water partition coefficient (Wildman–Crippen LogP) is 1.18. The van der Waals surface area contributed by atoms with E-state index in [4.69, 9.17) is 6.42 Å². The summed E-state index contributed by atoms with van der Waals surface area (Å²) in [5, 5.41) is 9.02. The largest absolute Gasteiger partial charge is 0.309 e. The summed E-state index contributed by atoms with van der Waals surface area (Å²) in [6.07, 6.45) is 5.12. The molecule has 4 heteroatoms. The maximum atomic E-state index is 9.86. The molecular weight excluding hydrogens is 170 g/mol. The first-order valence-electron chi connectivity index (χ1n) is 3.47. The standard InChI is InChI=1S/C9H6NO3/c1-2-8-4-3-5-9(6-8)7-13-10(11)12/h1,3,5-6H,7H2. The fourth-order valence-corrected chi connectivity index (χ4v) is 0.814. The minimum atomic E-state index is -0.841. The Kier molecular flexibility index (Phi) is 2.87. The molecule has 0 saturated heterocycles. The van der Waals surface area contributed by atoms with Crippen LogP contribution in [0.25, 0.3) is 0 Å². The Morgan fingerprint density at radius 3 is 3.15 bits per heavy atom. The van der Waals surface area contributed by atoms with Gasteiger partial charge >= 0.3 is 0 Å². The van der Waals surface area contributed by atoms with Crippen molar-refractivity contribution >= 4 is 0 Å². The van der Waals surface area contributed by atoms with E-state index in [2.05, 4.69) is 16.8 Å². The van der Waals surface area contributed by atoms with Gasteiger partial charge in [0.05, 0.1) is 0 Å². The van der Waals surface area contributed by atoms with E-state index in [1.165, 1.54) is 0 Å². The van der Waals surface area contributed by atoms with Gasteiger partial charge in [-0.2, -0.15) is 0 Å². The van der Waals surface area contributed by atoms with Gasteiger partial charge in [-0.25, -0.2) is 0 Å². The van der Waals surface area contributed by atoms with Crippen molar-refractivity contribution < 1.29 is 9.92 Å². The summed E-state index contributed by atoms with van der Waals surface area (Å²) in [5.74, 6) is 2.37. The Morgan fingerprint density at radius 2 is 2.54 bits per heavy atom. The van der Waals surface area contributed by atoms with Gasteiger partial charge in [-0.15, -0.1) is 16.5 Å². The first-order valence-corrected chi connectivity index (χ1v) is 3.47. The minimum Gasteiger partial charge on any atom is -0.309 e. The van der Waals surface area contributed by atoms with E-state index >= 15 is 0 Å². The van der Waals surface area contributed by atoms with Gasteiger partial charge in [0.2, 0.25) is 0 Å². The van der Waals surface area contributed by atoms with Crippen LogP contribution >= 0.6 is 0 Å². The minimum absolute atomic E-state index is 0.0869. The molecule has 1 radical (unpaired) electrons. The molecule has 13 heavy (non-hydrogen) atoms. The summed E-state index contributed by atoms with van der Waals surface area (Å²) in [6, 6.07) is 7.66. The van der Waals surface area contributed by atoms with Crippen LogP contribution in [0.4, 0.5) is 0 Å². The van der Waals surface area contributed by atoms with Gasteiger partial charge in [-0.3, -0.25) is 0 Å². The summed E-state index contributed by atoms with van der Waals surface area (Å²) >= 11 is 0. The lowest BCUT2D eigenvalue weighted by Gasteiger charge is -1.99. The van der Waals surface area contributed by atoms with Gasteiger partial charge in [0.25, 0.3) is 5.09 Å². The van der Waals surface area contributed by atoms with Crippen LogP contribution in [0, 0.1) is 28.5 Å². The van der Waals surface area contributed by atoms with E-state index in [-0.39, 0.29) is 6.61 Å². The second kappa shape index (κ2) is 4.12. The SMILES string of the molecule is C#Cc1[c]ccc(CO[N+](=O)[O-])c1. The van der Waals surface area contributed by atoms with Gasteiger partial charge in [-0.1, -0.05) is 18.1 Å². The maximum absolute atomic E-state index is 9.86. The van der Waals surface area contributed by atoms with Crippen molar-refractivity contribution in [2.45, 2.75) is 6.61 Å². The molecule has 4 nitrogen and oxygen atoms in total. The number of hydrogen-bond acceptors (Lipinski definition) is 3. The topological polar surface area (TPSA) is 52.4 Å². The van der Waals surface area contributed by atoms with Crippen LogP contribution in [0.15, 0.2) is 18.2 Å². The second-order valence-corrected chi connectivity index (χ2v) is 2.25. The average molecular weight is 176 g/mol. The van der Waals surface area contributed by atoms with Gasteiger partial charge in [0.1, 0.15) is 6.61 Å². The first kappa shape index (κ1) is 9.07. The van der Waals surface area contributed by atoms with Crippen LogP contribution in [0.2, 0.25) is 0 Å². The van der Waals surface area contributed by atoms with Crippen LogP contribution in [0.1, 0.15) is 11.1 Å². The molecule has 0 heterocycles. The molecule has 0 aliphatic heterocycles. The molecule has 1 aromatic carbocycles. The Morgan fingerprint density at radius 1 is 1.77 bits per heavy atom. The van der Waals surface area contributed by atoms with Crippen molar-refractivity contribution in [2.75, 3.05) is 0 Å². The Hall–Kier alpha value is -2.02. The van der Waals surface area contributed by atoms with Crippen LogP contribution in [0.3, 0.4) is 0 Å². The predicted molar refractivity (Wildman–Crippen MR) is 45.0 cm³/mol. The summed E-state index contributed by atoms with van der Waals surface area (Å²) in [4.78, 5) is 14.0. The van der Waals surface area contributed by atoms with Crippen molar-refractivity contribution in [1.82, 2.24) is 0 Å². The molecule has 0 aliphatic carbocycles. The molecule has 0 spiro atoms. The quantitative estimate of drug-likeness (QED) is 0.394. The zero-order valence-corrected chi connectivity index (χ0v) is 6.69. The highest BCUT2D eigenvalue weighted by Gasteiger charge is 1.97. The van der Waals surface area contributed by atoms with Crippen molar-refractivity contribution in [3.63, 3.8) is 0 Å². The third-order valence-corrected chi connectivity index (χ3v) is 1.36. The number of terminal acetylenes is 1. The van der Waals surface area contributed by atoms with Crippen LogP contribution in [-0.2, 0) is 11.4 Å². The van der Waals surface area contributed by atoms with Gasteiger partial charge in [0, 0.05) is 5.56 Å². The summed E-state index contributed by atoms with van der Waals surface area (Å²) in [7, 11) is 0. The maximum Gasteiger partial charge on any atom is 0.294 e. The molecule has 65 valence electrons. The Labute approximate surface area is 75.2 Å². The second-order valence-electron chi connectivity index (χ2n) is 2.25. The highest BCUT2D eigenvalue weighted by molar-refractivity contribution is 5.33. The van der Waals surface area contributed by atoms with Gasteiger partial charge in [-0.05, 0) is 17.7 Å². The fourth-order valence-electron chi connectivity index (χ4n) is 0.814. The van der Waals surface area contributed by atoms with E-state index in [0.717, 1.165) is 0 Å². The van der Waals surface area contributed by atoms with Crippen molar-refractivity contribution in [2.24, 2.45) is 0 Å². The number of nitrogens with zero attached hydrogens (tertiary/aromatic N) is 1. The highest BCUT2D eigenvalue weighted by Crippen LogP contribution is 2.04. The van der Waals surface area contributed by atoms with E-state index in [1.54, 1.807) is 18.2 Å². The van der Waals surface area contributed by atoms with Gasteiger partial charge in [0.15, 0.2) is 0 Å². The molecule has 0 amide bonds. The molecule has 0 aliphatic rings. The normalized spacial score (nSPS) is 8.85. The highest BCUT2D eigenvalue weighted by atomic mass is 16.9. The number of hydrogen-bond donors (Lipinski definition) is 0. The van der Waals surface area contributed by atoms with Crippen molar-refractivity contribution in [3.8, 4) is 12.3 Å². The molecule has 0 aromatic heterocycles. The van der Waals surface area contributed by atoms with E-state index in [9.17, 15) is 10.1 Å². The Balaban J connectivity index is 2.68.